The van der Waals surface area contributed by atoms with Gasteiger partial charge in [0, 0.05) is 6.04 Å². The molecule has 1 saturated carbocycles. The van der Waals surface area contributed by atoms with Gasteiger partial charge in [-0.25, -0.2) is 0 Å². The van der Waals surface area contributed by atoms with E-state index in [-0.39, 0.29) is 11.9 Å². The second-order valence-electron chi connectivity index (χ2n) is 6.07. The number of rotatable bonds is 6. The van der Waals surface area contributed by atoms with Crippen LogP contribution in [0.2, 0.25) is 0 Å². The van der Waals surface area contributed by atoms with Crippen LogP contribution in [-0.2, 0) is 4.79 Å². The first-order valence-electron chi connectivity index (χ1n) is 7.85. The van der Waals surface area contributed by atoms with Crippen LogP contribution >= 0.6 is 0 Å². The molecule has 3 atom stereocenters. The van der Waals surface area contributed by atoms with Gasteiger partial charge in [0.2, 0.25) is 5.91 Å². The fourth-order valence-electron chi connectivity index (χ4n) is 3.28. The van der Waals surface area contributed by atoms with E-state index in [1.54, 1.807) is 6.26 Å². The van der Waals surface area contributed by atoms with Crippen LogP contribution in [0.15, 0.2) is 22.8 Å². The zero-order valence-electron chi connectivity index (χ0n) is 13.0. The van der Waals surface area contributed by atoms with E-state index in [4.69, 9.17) is 10.2 Å². The summed E-state index contributed by atoms with van der Waals surface area (Å²) >= 11 is 0. The van der Waals surface area contributed by atoms with Crippen LogP contribution < -0.4 is 11.1 Å². The van der Waals surface area contributed by atoms with E-state index in [1.807, 2.05) is 26.1 Å². The Morgan fingerprint density at radius 3 is 2.95 bits per heavy atom. The van der Waals surface area contributed by atoms with Gasteiger partial charge in [0.25, 0.3) is 0 Å². The summed E-state index contributed by atoms with van der Waals surface area (Å²) in [4.78, 5) is 14.3. The highest BCUT2D eigenvalue weighted by Gasteiger charge is 2.28. The third-order valence-electron chi connectivity index (χ3n) is 4.48. The molecule has 1 heterocycles. The molecule has 0 spiro atoms. The lowest BCUT2D eigenvalue weighted by atomic mass is 9.84. The Bertz CT molecular complexity index is 433. The predicted octanol–water partition coefficient (Wildman–Crippen LogP) is 1.91. The van der Waals surface area contributed by atoms with Crippen molar-refractivity contribution < 1.29 is 9.21 Å². The van der Waals surface area contributed by atoms with Crippen LogP contribution in [0, 0.1) is 5.92 Å². The quantitative estimate of drug-likeness (QED) is 0.840. The van der Waals surface area contributed by atoms with E-state index in [0.29, 0.717) is 25.0 Å². The molecule has 21 heavy (non-hydrogen) atoms. The highest BCUT2D eigenvalue weighted by atomic mass is 16.3. The van der Waals surface area contributed by atoms with Crippen molar-refractivity contribution in [3.05, 3.63) is 24.2 Å². The summed E-state index contributed by atoms with van der Waals surface area (Å²) in [6, 6.07) is 4.03. The summed E-state index contributed by atoms with van der Waals surface area (Å²) in [5, 5.41) is 2.98. The first-order valence-corrected chi connectivity index (χ1v) is 7.85. The largest absolute Gasteiger partial charge is 0.467 e. The van der Waals surface area contributed by atoms with Crippen LogP contribution in [-0.4, -0.2) is 37.0 Å². The first-order chi connectivity index (χ1) is 10.1. The third-order valence-corrected chi connectivity index (χ3v) is 4.48. The van der Waals surface area contributed by atoms with Crippen LogP contribution in [0.1, 0.15) is 44.4 Å². The topological polar surface area (TPSA) is 71.5 Å². The smallest absolute Gasteiger partial charge is 0.234 e. The van der Waals surface area contributed by atoms with E-state index in [0.717, 1.165) is 12.2 Å². The molecule has 1 fully saturated rings. The molecule has 1 amide bonds. The summed E-state index contributed by atoms with van der Waals surface area (Å²) in [6.45, 7) is 3.05. The van der Waals surface area contributed by atoms with E-state index in [9.17, 15) is 4.79 Å². The van der Waals surface area contributed by atoms with Gasteiger partial charge in [0.05, 0.1) is 18.8 Å². The van der Waals surface area contributed by atoms with Crippen LogP contribution in [0.3, 0.4) is 0 Å². The van der Waals surface area contributed by atoms with Crippen LogP contribution in [0.25, 0.3) is 0 Å². The maximum absolute atomic E-state index is 12.2. The lowest BCUT2D eigenvalue weighted by Gasteiger charge is -2.37. The lowest BCUT2D eigenvalue weighted by molar-refractivity contribution is -0.123. The van der Waals surface area contributed by atoms with E-state index >= 15 is 0 Å². The van der Waals surface area contributed by atoms with Gasteiger partial charge in [-0.1, -0.05) is 12.8 Å². The van der Waals surface area contributed by atoms with Crippen LogP contribution in [0.5, 0.6) is 0 Å². The van der Waals surface area contributed by atoms with Gasteiger partial charge in [-0.15, -0.1) is 0 Å². The molecule has 118 valence electrons. The number of hydrogen-bond acceptors (Lipinski definition) is 4. The van der Waals surface area contributed by atoms with Crippen molar-refractivity contribution in [1.82, 2.24) is 10.2 Å². The van der Waals surface area contributed by atoms with Crippen molar-refractivity contribution in [1.29, 1.82) is 0 Å². The highest BCUT2D eigenvalue weighted by molar-refractivity contribution is 5.78. The fraction of sp³-hybridized carbons (Fsp3) is 0.688. The first kappa shape index (κ1) is 16.0. The monoisotopic (exact) mass is 293 g/mol. The molecule has 0 aliphatic heterocycles. The zero-order valence-corrected chi connectivity index (χ0v) is 13.0. The molecule has 3 unspecified atom stereocenters. The summed E-state index contributed by atoms with van der Waals surface area (Å²) in [5.74, 6) is 1.32. The maximum atomic E-state index is 12.2. The molecular weight excluding hydrogens is 266 g/mol. The molecule has 1 aromatic rings. The number of likely N-dealkylation sites (N-methyl/N-ethyl adjacent to an activating group) is 1. The number of amides is 1. The molecule has 2 rings (SSSR count). The van der Waals surface area contributed by atoms with Crippen molar-refractivity contribution in [2.45, 2.75) is 44.7 Å². The minimum atomic E-state index is -0.0995. The lowest BCUT2D eigenvalue weighted by Crippen LogP contribution is -2.47. The summed E-state index contributed by atoms with van der Waals surface area (Å²) in [7, 11) is 2.02. The normalized spacial score (nSPS) is 24.0. The second kappa shape index (κ2) is 7.61. The molecule has 0 aromatic carbocycles. The molecule has 1 aliphatic rings. The summed E-state index contributed by atoms with van der Waals surface area (Å²) < 4.78 is 5.31. The molecule has 0 bridgehead atoms. The SMILES string of the molecule is CC(NC(=O)CN(C)C1CCCCC1CN)c1ccco1. The average molecular weight is 293 g/mol. The number of carbonyl (C=O) groups excluding carboxylic acids is 1. The Kier molecular flexibility index (Phi) is 5.82. The van der Waals surface area contributed by atoms with Gasteiger partial charge >= 0.3 is 0 Å². The second-order valence-corrected chi connectivity index (χ2v) is 6.07. The Hall–Kier alpha value is -1.33. The number of nitrogens with zero attached hydrogens (tertiary/aromatic N) is 1. The number of nitrogens with two attached hydrogens (primary N) is 1. The van der Waals surface area contributed by atoms with Gasteiger partial charge in [-0.05, 0) is 51.4 Å². The van der Waals surface area contributed by atoms with Crippen molar-refractivity contribution in [3.63, 3.8) is 0 Å². The van der Waals surface area contributed by atoms with Gasteiger partial charge in [-0.3, -0.25) is 9.69 Å². The standard InChI is InChI=1S/C16H27N3O2/c1-12(15-8-5-9-21-15)18-16(20)11-19(2)14-7-4-3-6-13(14)10-17/h5,8-9,12-14H,3-4,6-7,10-11,17H2,1-2H3,(H,18,20). The molecule has 0 saturated heterocycles. The minimum absolute atomic E-state index is 0.0303. The van der Waals surface area contributed by atoms with E-state index in [1.165, 1.54) is 19.3 Å². The molecule has 0 radical (unpaired) electrons. The summed E-state index contributed by atoms with van der Waals surface area (Å²) in [5.41, 5.74) is 5.87. The van der Waals surface area contributed by atoms with Crippen molar-refractivity contribution in [2.75, 3.05) is 20.1 Å². The van der Waals surface area contributed by atoms with Gasteiger partial charge < -0.3 is 15.5 Å². The Balaban J connectivity index is 1.83. The van der Waals surface area contributed by atoms with Crippen molar-refractivity contribution in [2.24, 2.45) is 11.7 Å². The molecule has 1 aliphatic carbocycles. The molecule has 5 nitrogen and oxygen atoms in total. The highest BCUT2D eigenvalue weighted by Crippen LogP contribution is 2.27. The number of hydrogen-bond donors (Lipinski definition) is 2. The molecule has 1 aromatic heterocycles. The molecule has 3 N–H and O–H groups in total. The molecule has 5 heteroatoms. The Labute approximate surface area is 126 Å². The Morgan fingerprint density at radius 2 is 2.29 bits per heavy atom. The van der Waals surface area contributed by atoms with Gasteiger partial charge in [0.1, 0.15) is 5.76 Å². The molecular formula is C16H27N3O2. The van der Waals surface area contributed by atoms with Crippen molar-refractivity contribution >= 4 is 5.91 Å². The van der Waals surface area contributed by atoms with Gasteiger partial charge in [-0.2, -0.15) is 0 Å². The Morgan fingerprint density at radius 1 is 1.52 bits per heavy atom. The van der Waals surface area contributed by atoms with E-state index < -0.39 is 0 Å². The van der Waals surface area contributed by atoms with Crippen molar-refractivity contribution in [3.8, 4) is 0 Å². The minimum Gasteiger partial charge on any atom is -0.467 e. The van der Waals surface area contributed by atoms with Gasteiger partial charge in [0.15, 0.2) is 0 Å². The predicted molar refractivity (Wildman–Crippen MR) is 82.7 cm³/mol. The van der Waals surface area contributed by atoms with E-state index in [2.05, 4.69) is 10.2 Å². The zero-order chi connectivity index (χ0) is 15.2. The summed E-state index contributed by atoms with van der Waals surface area (Å²) in [6.07, 6.45) is 6.43. The average Bonchev–Trinajstić information content (AvgIpc) is 3.01. The number of nitrogens with one attached hydrogen (secondary N) is 1. The number of carbonyl (C=O) groups is 1. The number of furan rings is 1. The van der Waals surface area contributed by atoms with Crippen LogP contribution in [0.4, 0.5) is 0 Å². The maximum Gasteiger partial charge on any atom is 0.234 e. The fourth-order valence-corrected chi connectivity index (χ4v) is 3.28. The third kappa shape index (κ3) is 4.32.